The molecule has 0 radical (unpaired) electrons. The number of nitrogens with zero attached hydrogens (tertiary/aromatic N) is 2. The number of aromatic nitrogens is 2. The molecule has 4 nitrogen and oxygen atoms in total. The van der Waals surface area contributed by atoms with Crippen LogP contribution in [0, 0.1) is 0 Å². The highest BCUT2D eigenvalue weighted by atomic mass is 19.4. The standard InChI is InChI=1S/C11H12F8N2O2/c12-8(13)10(16,17)11(18,19)9(14,15)5-23-4-7(22)3-21-2-1-20-6-21/h1-2,6-8,22H,3-5H2. The van der Waals surface area contributed by atoms with Crippen LogP contribution in [0.1, 0.15) is 0 Å². The molecule has 1 unspecified atom stereocenters. The van der Waals surface area contributed by atoms with Gasteiger partial charge < -0.3 is 14.4 Å². The van der Waals surface area contributed by atoms with E-state index in [-0.39, 0.29) is 6.54 Å². The van der Waals surface area contributed by atoms with Gasteiger partial charge >= 0.3 is 24.2 Å². The summed E-state index contributed by atoms with van der Waals surface area (Å²) in [6.07, 6.45) is -2.40. The predicted octanol–water partition coefficient (Wildman–Crippen LogP) is 2.43. The highest BCUT2D eigenvalue weighted by molar-refractivity contribution is 4.97. The van der Waals surface area contributed by atoms with E-state index in [1.54, 1.807) is 0 Å². The molecule has 1 aromatic rings. The Kier molecular flexibility index (Phi) is 5.96. The first-order valence-corrected chi connectivity index (χ1v) is 6.05. The lowest BCUT2D eigenvalue weighted by atomic mass is 10.1. The Bertz CT molecular complexity index is 480. The summed E-state index contributed by atoms with van der Waals surface area (Å²) in [5.74, 6) is -18.1. The molecule has 1 N–H and O–H groups in total. The summed E-state index contributed by atoms with van der Waals surface area (Å²) >= 11 is 0. The second-order valence-corrected chi connectivity index (χ2v) is 4.63. The van der Waals surface area contributed by atoms with Crippen LogP contribution < -0.4 is 0 Å². The first-order chi connectivity index (χ1) is 10.4. The van der Waals surface area contributed by atoms with Crippen molar-refractivity contribution in [2.24, 2.45) is 0 Å². The molecule has 0 aromatic carbocycles. The molecule has 0 aliphatic heterocycles. The molecule has 0 bridgehead atoms. The van der Waals surface area contributed by atoms with Gasteiger partial charge in [0, 0.05) is 12.4 Å². The second kappa shape index (κ2) is 6.99. The lowest BCUT2D eigenvalue weighted by Crippen LogP contribution is -2.59. The number of rotatable bonds is 9. The average Bonchev–Trinajstić information content (AvgIpc) is 2.90. The molecule has 134 valence electrons. The van der Waals surface area contributed by atoms with Gasteiger partial charge in [0.1, 0.15) is 6.61 Å². The largest absolute Gasteiger partial charge is 0.389 e. The fourth-order valence-corrected chi connectivity index (χ4v) is 1.49. The smallest absolute Gasteiger partial charge is 0.380 e. The van der Waals surface area contributed by atoms with E-state index in [2.05, 4.69) is 9.72 Å². The topological polar surface area (TPSA) is 47.3 Å². The minimum atomic E-state index is -6.32. The summed E-state index contributed by atoms with van der Waals surface area (Å²) in [7, 11) is 0. The summed E-state index contributed by atoms with van der Waals surface area (Å²) in [5, 5.41) is 9.39. The fraction of sp³-hybridized carbons (Fsp3) is 0.727. The van der Waals surface area contributed by atoms with Crippen LogP contribution in [0.15, 0.2) is 18.7 Å². The fourth-order valence-electron chi connectivity index (χ4n) is 1.49. The maximum Gasteiger partial charge on any atom is 0.380 e. The monoisotopic (exact) mass is 356 g/mol. The molecule has 23 heavy (non-hydrogen) atoms. The number of halogens is 8. The molecular weight excluding hydrogens is 344 g/mol. The van der Waals surface area contributed by atoms with Crippen LogP contribution in [0.25, 0.3) is 0 Å². The third-order valence-corrected chi connectivity index (χ3v) is 2.73. The normalized spacial score (nSPS) is 15.2. The van der Waals surface area contributed by atoms with E-state index in [0.29, 0.717) is 0 Å². The number of imidazole rings is 1. The molecule has 0 spiro atoms. The number of hydrogen-bond donors (Lipinski definition) is 1. The van der Waals surface area contributed by atoms with Gasteiger partial charge in [-0.15, -0.1) is 0 Å². The molecule has 0 aliphatic rings. The van der Waals surface area contributed by atoms with Crippen molar-refractivity contribution < 1.29 is 45.0 Å². The predicted molar refractivity (Wildman–Crippen MR) is 59.9 cm³/mol. The highest BCUT2D eigenvalue weighted by Gasteiger charge is 2.75. The second-order valence-electron chi connectivity index (χ2n) is 4.63. The van der Waals surface area contributed by atoms with E-state index in [0.717, 1.165) is 0 Å². The summed E-state index contributed by atoms with van der Waals surface area (Å²) in [6, 6.07) is 0. The van der Waals surface area contributed by atoms with Crippen LogP contribution in [-0.2, 0) is 11.3 Å². The summed E-state index contributed by atoms with van der Waals surface area (Å²) in [4.78, 5) is 3.61. The van der Waals surface area contributed by atoms with E-state index in [9.17, 15) is 40.2 Å². The zero-order chi connectivity index (χ0) is 17.9. The van der Waals surface area contributed by atoms with Gasteiger partial charge in [-0.1, -0.05) is 0 Å². The van der Waals surface area contributed by atoms with E-state index >= 15 is 0 Å². The van der Waals surface area contributed by atoms with E-state index in [4.69, 9.17) is 0 Å². The van der Waals surface area contributed by atoms with Crippen molar-refractivity contribution in [2.75, 3.05) is 13.2 Å². The highest BCUT2D eigenvalue weighted by Crippen LogP contribution is 2.48. The molecule has 1 rings (SSSR count). The summed E-state index contributed by atoms with van der Waals surface area (Å²) in [6.45, 7) is -3.34. The van der Waals surface area contributed by atoms with Gasteiger partial charge in [0.25, 0.3) is 0 Å². The lowest BCUT2D eigenvalue weighted by Gasteiger charge is -2.32. The van der Waals surface area contributed by atoms with Crippen LogP contribution in [-0.4, -0.2) is 58.2 Å². The minimum Gasteiger partial charge on any atom is -0.389 e. The van der Waals surface area contributed by atoms with Crippen LogP contribution in [0.3, 0.4) is 0 Å². The Hall–Kier alpha value is -1.43. The van der Waals surface area contributed by atoms with Crippen LogP contribution >= 0.6 is 0 Å². The minimum absolute atomic E-state index is 0.185. The van der Waals surface area contributed by atoms with Crippen molar-refractivity contribution in [1.82, 2.24) is 9.55 Å². The number of hydrogen-bond acceptors (Lipinski definition) is 3. The van der Waals surface area contributed by atoms with Crippen molar-refractivity contribution in [3.63, 3.8) is 0 Å². The first-order valence-electron chi connectivity index (χ1n) is 6.05. The molecule has 1 aromatic heterocycles. The maximum absolute atomic E-state index is 13.1. The first kappa shape index (κ1) is 19.6. The molecule has 0 amide bonds. The van der Waals surface area contributed by atoms with Gasteiger partial charge in [-0.05, 0) is 0 Å². The van der Waals surface area contributed by atoms with Gasteiger partial charge in [0.05, 0.1) is 25.6 Å². The van der Waals surface area contributed by atoms with E-state index in [1.165, 1.54) is 23.3 Å². The van der Waals surface area contributed by atoms with Gasteiger partial charge in [-0.3, -0.25) is 0 Å². The van der Waals surface area contributed by atoms with Crippen LogP contribution in [0.5, 0.6) is 0 Å². The number of aliphatic hydroxyl groups is 1. The molecule has 0 saturated heterocycles. The summed E-state index contributed by atoms with van der Waals surface area (Å²) < 4.78 is 106. The maximum atomic E-state index is 13.1. The molecular formula is C11H12F8N2O2. The van der Waals surface area contributed by atoms with Crippen molar-refractivity contribution in [1.29, 1.82) is 0 Å². The van der Waals surface area contributed by atoms with Gasteiger partial charge in [0.2, 0.25) is 0 Å². The molecule has 0 aliphatic carbocycles. The molecule has 0 saturated carbocycles. The quantitative estimate of drug-likeness (QED) is 0.692. The van der Waals surface area contributed by atoms with Crippen molar-refractivity contribution in [3.8, 4) is 0 Å². The Morgan fingerprint density at radius 1 is 1.13 bits per heavy atom. The Morgan fingerprint density at radius 2 is 1.74 bits per heavy atom. The Balaban J connectivity index is 2.57. The van der Waals surface area contributed by atoms with E-state index in [1.807, 2.05) is 0 Å². The van der Waals surface area contributed by atoms with Crippen molar-refractivity contribution in [2.45, 2.75) is 36.8 Å². The van der Waals surface area contributed by atoms with Crippen molar-refractivity contribution in [3.05, 3.63) is 18.7 Å². The molecule has 1 atom stereocenters. The van der Waals surface area contributed by atoms with Crippen LogP contribution in [0.2, 0.25) is 0 Å². The third-order valence-electron chi connectivity index (χ3n) is 2.73. The number of aliphatic hydroxyl groups excluding tert-OH is 1. The number of alkyl halides is 8. The van der Waals surface area contributed by atoms with Crippen LogP contribution in [0.4, 0.5) is 35.1 Å². The number of ether oxygens (including phenoxy) is 1. The molecule has 1 heterocycles. The average molecular weight is 356 g/mol. The van der Waals surface area contributed by atoms with Gasteiger partial charge in [-0.25, -0.2) is 13.8 Å². The van der Waals surface area contributed by atoms with Gasteiger partial charge in [-0.2, -0.15) is 26.3 Å². The third kappa shape index (κ3) is 4.31. The van der Waals surface area contributed by atoms with Gasteiger partial charge in [0.15, 0.2) is 0 Å². The van der Waals surface area contributed by atoms with E-state index < -0.39 is 43.5 Å². The summed E-state index contributed by atoms with van der Waals surface area (Å²) in [5.41, 5.74) is 0. The van der Waals surface area contributed by atoms with Crippen molar-refractivity contribution >= 4 is 0 Å². The Labute approximate surface area is 124 Å². The Morgan fingerprint density at radius 3 is 2.22 bits per heavy atom. The lowest BCUT2D eigenvalue weighted by molar-refractivity contribution is -0.346. The zero-order valence-electron chi connectivity index (χ0n) is 11.3. The molecule has 0 fully saturated rings. The SMILES string of the molecule is OC(COCC(F)(F)C(F)(F)C(F)(F)C(F)F)Cn1ccnc1. The molecule has 12 heteroatoms. The zero-order valence-corrected chi connectivity index (χ0v) is 11.3.